The molecule has 5 rings (SSSR count). The summed E-state index contributed by atoms with van der Waals surface area (Å²) in [5.74, 6) is -0.233. The lowest BCUT2D eigenvalue weighted by Crippen LogP contribution is -2.35. The molecule has 7 nitrogen and oxygen atoms in total. The molecule has 8 heteroatoms. The van der Waals surface area contributed by atoms with Crippen molar-refractivity contribution in [2.75, 3.05) is 19.6 Å². The van der Waals surface area contributed by atoms with Crippen LogP contribution in [-0.2, 0) is 22.4 Å². The molecule has 170 valence electrons. The van der Waals surface area contributed by atoms with Gasteiger partial charge in [0.1, 0.15) is 6.54 Å². The van der Waals surface area contributed by atoms with Gasteiger partial charge in [-0.1, -0.05) is 35.9 Å². The van der Waals surface area contributed by atoms with Crippen LogP contribution in [0.3, 0.4) is 0 Å². The summed E-state index contributed by atoms with van der Waals surface area (Å²) in [5.41, 5.74) is 5.59. The van der Waals surface area contributed by atoms with Crippen molar-refractivity contribution in [2.45, 2.75) is 31.7 Å². The van der Waals surface area contributed by atoms with Gasteiger partial charge in [-0.3, -0.25) is 14.9 Å². The van der Waals surface area contributed by atoms with Crippen molar-refractivity contribution in [1.29, 1.82) is 0 Å². The van der Waals surface area contributed by atoms with Crippen LogP contribution in [0.1, 0.15) is 41.3 Å². The number of fused-ring (bicyclic) bond motifs is 3. The number of rotatable bonds is 7. The number of halogens is 1. The molecule has 0 aliphatic carbocycles. The number of amides is 4. The van der Waals surface area contributed by atoms with Crippen LogP contribution in [0.2, 0.25) is 5.02 Å². The van der Waals surface area contributed by atoms with Gasteiger partial charge in [-0.2, -0.15) is 0 Å². The molecule has 3 heterocycles. The number of nitrogens with one attached hydrogen (secondary N) is 2. The molecule has 3 aromatic rings. The van der Waals surface area contributed by atoms with Gasteiger partial charge in [0.25, 0.3) is 0 Å². The Labute approximate surface area is 196 Å². The van der Waals surface area contributed by atoms with Gasteiger partial charge in [-0.15, -0.1) is 0 Å². The highest BCUT2D eigenvalue weighted by Gasteiger charge is 2.31. The third-order valence-electron chi connectivity index (χ3n) is 6.57. The summed E-state index contributed by atoms with van der Waals surface area (Å²) in [4.78, 5) is 41.6. The van der Waals surface area contributed by atoms with Gasteiger partial charge in [-0.25, -0.2) is 4.79 Å². The normalized spacial score (nSPS) is 18.0. The van der Waals surface area contributed by atoms with Gasteiger partial charge in [0.05, 0.1) is 6.04 Å². The van der Waals surface area contributed by atoms with Crippen LogP contribution in [0.25, 0.3) is 10.9 Å². The smallest absolute Gasteiger partial charge is 0.324 e. The van der Waals surface area contributed by atoms with E-state index in [1.165, 1.54) is 11.1 Å². The van der Waals surface area contributed by atoms with E-state index >= 15 is 0 Å². The minimum atomic E-state index is -0.296. The van der Waals surface area contributed by atoms with E-state index in [2.05, 4.69) is 34.6 Å². The second kappa shape index (κ2) is 8.90. The van der Waals surface area contributed by atoms with Gasteiger partial charge < -0.3 is 14.8 Å². The minimum absolute atomic E-state index is 0.155. The highest BCUT2D eigenvalue weighted by molar-refractivity contribution is 6.31. The molecular weight excluding hydrogens is 440 g/mol. The third kappa shape index (κ3) is 4.20. The zero-order valence-corrected chi connectivity index (χ0v) is 18.9. The predicted molar refractivity (Wildman–Crippen MR) is 126 cm³/mol. The van der Waals surface area contributed by atoms with Crippen LogP contribution in [0, 0.1) is 0 Å². The summed E-state index contributed by atoms with van der Waals surface area (Å²) in [6.07, 6.45) is 4.38. The maximum atomic E-state index is 11.9. The Morgan fingerprint density at radius 3 is 2.64 bits per heavy atom. The predicted octanol–water partition coefficient (Wildman–Crippen LogP) is 3.80. The quantitative estimate of drug-likeness (QED) is 0.317. The number of carbonyl (C=O) groups is 3. The summed E-state index contributed by atoms with van der Waals surface area (Å²) in [7, 11) is 0. The van der Waals surface area contributed by atoms with E-state index in [-0.39, 0.29) is 24.5 Å². The molecule has 2 N–H and O–H groups in total. The molecule has 1 atom stereocenters. The van der Waals surface area contributed by atoms with E-state index in [0.29, 0.717) is 18.1 Å². The second-order valence-corrected chi connectivity index (χ2v) is 9.11. The van der Waals surface area contributed by atoms with E-state index in [9.17, 15) is 14.4 Å². The Bertz CT molecular complexity index is 1220. The number of aromatic nitrogens is 1. The largest absolute Gasteiger partial charge is 0.356 e. The third-order valence-corrected chi connectivity index (χ3v) is 6.80. The number of aryl methyl sites for hydroxylation is 1. The molecule has 1 unspecified atom stereocenters. The molecule has 4 amide bonds. The topological polar surface area (TPSA) is 85.5 Å². The van der Waals surface area contributed by atoms with E-state index < -0.39 is 0 Å². The zero-order chi connectivity index (χ0) is 22.9. The highest BCUT2D eigenvalue weighted by Crippen LogP contribution is 2.38. The number of urea groups is 1. The average Bonchev–Trinajstić information content (AvgIpc) is 3.34. The van der Waals surface area contributed by atoms with Crippen LogP contribution < -0.4 is 5.32 Å². The standard InChI is InChI=1S/C25H25ClN4O3/c26-18-8-9-21-20(13-18)19-10-12-30(15-31)24(23(19)27-21)17-6-4-16(5-7-17)3-1-2-11-29-14-22(32)28-25(29)33/h4-9,13,15,24,27H,1-3,10-12,14H2,(H,28,32,33). The minimum Gasteiger partial charge on any atom is -0.356 e. The van der Waals surface area contributed by atoms with Crippen molar-refractivity contribution in [3.63, 3.8) is 0 Å². The lowest BCUT2D eigenvalue weighted by molar-refractivity contribution is -0.120. The first kappa shape index (κ1) is 21.5. The van der Waals surface area contributed by atoms with E-state index in [1.807, 2.05) is 23.1 Å². The number of hydrogen-bond donors (Lipinski definition) is 2. The van der Waals surface area contributed by atoms with Gasteiger partial charge in [0, 0.05) is 34.7 Å². The Kier molecular flexibility index (Phi) is 5.81. The number of nitrogens with zero attached hydrogens (tertiary/aromatic N) is 2. The monoisotopic (exact) mass is 464 g/mol. The van der Waals surface area contributed by atoms with Crippen LogP contribution in [0.15, 0.2) is 42.5 Å². The summed E-state index contributed by atoms with van der Waals surface area (Å²) in [5, 5.41) is 4.13. The first-order valence-corrected chi connectivity index (χ1v) is 11.6. The van der Waals surface area contributed by atoms with E-state index in [1.54, 1.807) is 4.90 Å². The molecule has 33 heavy (non-hydrogen) atoms. The SMILES string of the molecule is O=CN1CCc2c([nH]c3ccc(Cl)cc23)C1c1ccc(CCCCN2CC(=O)NC2=O)cc1. The number of benzene rings is 2. The number of unbranched alkanes of at least 4 members (excludes halogenated alkanes) is 1. The van der Waals surface area contributed by atoms with Gasteiger partial charge >= 0.3 is 6.03 Å². The fourth-order valence-electron chi connectivity index (χ4n) is 4.91. The number of H-pyrrole nitrogens is 1. The Morgan fingerprint density at radius 1 is 1.09 bits per heavy atom. The molecule has 2 aromatic carbocycles. The number of aromatic amines is 1. The van der Waals surface area contributed by atoms with E-state index in [4.69, 9.17) is 11.6 Å². The summed E-state index contributed by atoms with van der Waals surface area (Å²) >= 11 is 6.23. The fraction of sp³-hybridized carbons (Fsp3) is 0.320. The molecule has 2 aliphatic rings. The number of hydrogen-bond acceptors (Lipinski definition) is 3. The van der Waals surface area contributed by atoms with Crippen LogP contribution >= 0.6 is 11.6 Å². The maximum absolute atomic E-state index is 11.9. The highest BCUT2D eigenvalue weighted by atomic mass is 35.5. The number of carbonyl (C=O) groups excluding carboxylic acids is 3. The molecule has 0 saturated carbocycles. The van der Waals surface area contributed by atoms with Gasteiger partial charge in [-0.05, 0) is 60.6 Å². The first-order valence-electron chi connectivity index (χ1n) is 11.2. The van der Waals surface area contributed by atoms with Crippen molar-refractivity contribution in [3.8, 4) is 0 Å². The zero-order valence-electron chi connectivity index (χ0n) is 18.1. The summed E-state index contributed by atoms with van der Waals surface area (Å²) in [6.45, 7) is 1.40. The molecule has 2 aliphatic heterocycles. The molecule has 0 spiro atoms. The Balaban J connectivity index is 1.29. The Morgan fingerprint density at radius 2 is 1.91 bits per heavy atom. The van der Waals surface area contributed by atoms with Crippen LogP contribution in [0.4, 0.5) is 4.79 Å². The molecule has 1 fully saturated rings. The average molecular weight is 465 g/mol. The maximum Gasteiger partial charge on any atom is 0.324 e. The van der Waals surface area contributed by atoms with Crippen molar-refractivity contribution in [3.05, 3.63) is 69.9 Å². The first-order chi connectivity index (χ1) is 16.0. The molecule has 1 aromatic heterocycles. The second-order valence-electron chi connectivity index (χ2n) is 8.68. The Hall–Kier alpha value is -3.32. The molecular formula is C25H25ClN4O3. The van der Waals surface area contributed by atoms with Crippen LogP contribution in [0.5, 0.6) is 0 Å². The molecule has 0 bridgehead atoms. The number of imide groups is 1. The lowest BCUT2D eigenvalue weighted by Gasteiger charge is -2.33. The lowest BCUT2D eigenvalue weighted by atomic mass is 9.92. The molecule has 0 radical (unpaired) electrons. The van der Waals surface area contributed by atoms with Crippen LogP contribution in [-0.4, -0.2) is 52.8 Å². The van der Waals surface area contributed by atoms with E-state index in [0.717, 1.165) is 54.3 Å². The summed E-state index contributed by atoms with van der Waals surface area (Å²) < 4.78 is 0. The van der Waals surface area contributed by atoms with Crippen molar-refractivity contribution in [1.82, 2.24) is 20.1 Å². The van der Waals surface area contributed by atoms with Crippen molar-refractivity contribution >= 4 is 40.9 Å². The fourth-order valence-corrected chi connectivity index (χ4v) is 5.09. The summed E-state index contributed by atoms with van der Waals surface area (Å²) in [6, 6.07) is 13.8. The van der Waals surface area contributed by atoms with Gasteiger partial charge in [0.2, 0.25) is 12.3 Å². The molecule has 1 saturated heterocycles. The van der Waals surface area contributed by atoms with Gasteiger partial charge in [0.15, 0.2) is 0 Å². The van der Waals surface area contributed by atoms with Crippen molar-refractivity contribution in [2.24, 2.45) is 0 Å². The van der Waals surface area contributed by atoms with Crippen molar-refractivity contribution < 1.29 is 14.4 Å².